The maximum Gasteiger partial charge on any atom is 0.489 e. The van der Waals surface area contributed by atoms with Gasteiger partial charge < -0.3 is 10.0 Å². The van der Waals surface area contributed by atoms with Crippen LogP contribution in [-0.2, 0) is 0 Å². The van der Waals surface area contributed by atoms with Crippen molar-refractivity contribution >= 4 is 58.2 Å². The molecule has 2 N–H and O–H groups in total. The van der Waals surface area contributed by atoms with Gasteiger partial charge in [-0.15, -0.1) is 24.0 Å². The zero-order valence-corrected chi connectivity index (χ0v) is 9.40. The Morgan fingerprint density at radius 3 is 2.79 bits per heavy atom. The normalized spacial score (nSPS) is 10.9. The van der Waals surface area contributed by atoms with E-state index in [0.29, 0.717) is 15.4 Å². The molecule has 0 amide bonds. The molecule has 2 aromatic rings. The number of hydrogen-bond acceptors (Lipinski definition) is 4. The largest absolute Gasteiger partial charge is 0.489 e. The smallest absolute Gasteiger partial charge is 0.423 e. The van der Waals surface area contributed by atoms with Crippen molar-refractivity contribution in [1.82, 2.24) is 0 Å². The van der Waals surface area contributed by atoms with Crippen molar-refractivity contribution in [3.63, 3.8) is 0 Å². The van der Waals surface area contributed by atoms with Crippen LogP contribution in [0, 0.1) is 0 Å². The zero-order valence-electron chi connectivity index (χ0n) is 6.94. The number of benzene rings is 1. The second-order valence-electron chi connectivity index (χ2n) is 2.83. The van der Waals surface area contributed by atoms with Gasteiger partial charge in [0.05, 0.1) is 5.02 Å². The average Bonchev–Trinajstić information content (AvgIpc) is 2.58. The summed E-state index contributed by atoms with van der Waals surface area (Å²) in [5.74, 6) is 0. The van der Waals surface area contributed by atoms with Crippen LogP contribution in [-0.4, -0.2) is 17.2 Å². The highest BCUT2D eigenvalue weighted by Gasteiger charge is 2.18. The van der Waals surface area contributed by atoms with Gasteiger partial charge in [-0.3, -0.25) is 0 Å². The van der Waals surface area contributed by atoms with Crippen molar-refractivity contribution in [3.05, 3.63) is 22.5 Å². The number of halogens is 1. The van der Waals surface area contributed by atoms with Gasteiger partial charge in [0.1, 0.15) is 0 Å². The second kappa shape index (κ2) is 3.75. The molecule has 0 aliphatic rings. The standard InChI is InChI=1S/C8H6BClO2S2/c10-7-4-1-2-14-6(4)3-5(8(7)13)9(11)12/h1-3,11-13H. The zero-order chi connectivity index (χ0) is 10.3. The minimum Gasteiger partial charge on any atom is -0.423 e. The number of fused-ring (bicyclic) bond motifs is 1. The van der Waals surface area contributed by atoms with Gasteiger partial charge >= 0.3 is 7.12 Å². The molecular weight excluding hydrogens is 238 g/mol. The average molecular weight is 245 g/mol. The molecule has 0 saturated heterocycles. The van der Waals surface area contributed by atoms with Crippen LogP contribution in [0.1, 0.15) is 0 Å². The second-order valence-corrected chi connectivity index (χ2v) is 4.61. The van der Waals surface area contributed by atoms with Gasteiger partial charge in [0, 0.05) is 15.0 Å². The van der Waals surface area contributed by atoms with E-state index in [1.54, 1.807) is 6.07 Å². The first-order chi connectivity index (χ1) is 6.61. The summed E-state index contributed by atoms with van der Waals surface area (Å²) in [6.45, 7) is 0. The topological polar surface area (TPSA) is 40.5 Å². The molecule has 0 spiro atoms. The van der Waals surface area contributed by atoms with E-state index in [1.165, 1.54) is 11.3 Å². The van der Waals surface area contributed by atoms with Gasteiger partial charge in [0.2, 0.25) is 0 Å². The van der Waals surface area contributed by atoms with Crippen LogP contribution in [0.3, 0.4) is 0 Å². The van der Waals surface area contributed by atoms with Crippen molar-refractivity contribution in [2.45, 2.75) is 4.90 Å². The summed E-state index contributed by atoms with van der Waals surface area (Å²) in [5, 5.41) is 21.4. The number of thiol groups is 1. The van der Waals surface area contributed by atoms with Crippen molar-refractivity contribution in [1.29, 1.82) is 0 Å². The summed E-state index contributed by atoms with van der Waals surface area (Å²) < 4.78 is 0.927. The third-order valence-electron chi connectivity index (χ3n) is 1.98. The highest BCUT2D eigenvalue weighted by molar-refractivity contribution is 7.80. The predicted molar refractivity (Wildman–Crippen MR) is 63.9 cm³/mol. The highest BCUT2D eigenvalue weighted by atomic mass is 35.5. The third-order valence-corrected chi connectivity index (χ3v) is 3.85. The summed E-state index contributed by atoms with van der Waals surface area (Å²) in [4.78, 5) is 0.424. The van der Waals surface area contributed by atoms with E-state index in [9.17, 15) is 0 Å². The lowest BCUT2D eigenvalue weighted by molar-refractivity contribution is 0.425. The molecule has 2 nitrogen and oxygen atoms in total. The molecule has 0 aliphatic carbocycles. The van der Waals surface area contributed by atoms with E-state index in [2.05, 4.69) is 12.6 Å². The number of rotatable bonds is 1. The molecule has 0 aliphatic heterocycles. The Labute approximate surface area is 95.7 Å². The van der Waals surface area contributed by atoms with Crippen LogP contribution in [0.5, 0.6) is 0 Å². The van der Waals surface area contributed by atoms with Crippen molar-refractivity contribution in [2.24, 2.45) is 0 Å². The number of hydrogen-bond donors (Lipinski definition) is 3. The van der Waals surface area contributed by atoms with E-state index in [-0.39, 0.29) is 0 Å². The maximum atomic E-state index is 9.08. The van der Waals surface area contributed by atoms with E-state index in [0.717, 1.165) is 10.1 Å². The summed E-state index contributed by atoms with van der Waals surface area (Å²) >= 11 is 11.7. The summed E-state index contributed by atoms with van der Waals surface area (Å²) in [5.41, 5.74) is 0.341. The molecule has 0 bridgehead atoms. The van der Waals surface area contributed by atoms with Gasteiger partial charge in [-0.05, 0) is 23.0 Å². The van der Waals surface area contributed by atoms with Crippen molar-refractivity contribution in [3.8, 4) is 0 Å². The lowest BCUT2D eigenvalue weighted by Crippen LogP contribution is -2.31. The van der Waals surface area contributed by atoms with E-state index >= 15 is 0 Å². The van der Waals surface area contributed by atoms with Gasteiger partial charge in [0.25, 0.3) is 0 Å². The fourth-order valence-corrected chi connectivity index (χ4v) is 2.75. The number of thiophene rings is 1. The summed E-state index contributed by atoms with van der Waals surface area (Å²) in [6.07, 6.45) is 0. The van der Waals surface area contributed by atoms with E-state index < -0.39 is 7.12 Å². The van der Waals surface area contributed by atoms with Crippen LogP contribution >= 0.6 is 35.6 Å². The third kappa shape index (κ3) is 1.55. The van der Waals surface area contributed by atoms with Gasteiger partial charge in [-0.2, -0.15) is 0 Å². The first-order valence-corrected chi connectivity index (χ1v) is 5.56. The molecule has 1 aromatic carbocycles. The Hall–Kier alpha value is -0.195. The monoisotopic (exact) mass is 244 g/mol. The van der Waals surface area contributed by atoms with Crippen LogP contribution < -0.4 is 5.46 Å². The molecule has 1 aromatic heterocycles. The van der Waals surface area contributed by atoms with Crippen LogP contribution in [0.4, 0.5) is 0 Å². The lowest BCUT2D eigenvalue weighted by atomic mass is 9.80. The van der Waals surface area contributed by atoms with E-state index in [1.807, 2.05) is 11.4 Å². The Balaban J connectivity index is 2.80. The molecular formula is C8H6BClO2S2. The summed E-state index contributed by atoms with van der Waals surface area (Å²) in [7, 11) is -1.54. The molecule has 1 heterocycles. The van der Waals surface area contributed by atoms with Crippen molar-refractivity contribution < 1.29 is 10.0 Å². The SMILES string of the molecule is OB(O)c1cc2sccc2c(Cl)c1S. The van der Waals surface area contributed by atoms with Crippen LogP contribution in [0.2, 0.25) is 5.02 Å². The fraction of sp³-hybridized carbons (Fsp3) is 0. The molecule has 72 valence electrons. The van der Waals surface area contributed by atoms with E-state index in [4.69, 9.17) is 21.6 Å². The Kier molecular flexibility index (Phi) is 2.77. The van der Waals surface area contributed by atoms with Gasteiger partial charge in [-0.25, -0.2) is 0 Å². The minimum atomic E-state index is -1.54. The first kappa shape index (κ1) is 10.3. The highest BCUT2D eigenvalue weighted by Crippen LogP contribution is 2.31. The summed E-state index contributed by atoms with van der Waals surface area (Å²) in [6, 6.07) is 3.58. The maximum absolute atomic E-state index is 9.08. The molecule has 0 saturated carbocycles. The quantitative estimate of drug-likeness (QED) is 0.526. The Morgan fingerprint density at radius 1 is 1.43 bits per heavy atom. The fourth-order valence-electron chi connectivity index (χ4n) is 1.27. The van der Waals surface area contributed by atoms with Gasteiger partial charge in [-0.1, -0.05) is 11.6 Å². The molecule has 2 rings (SSSR count). The molecule has 0 unspecified atom stereocenters. The molecule has 0 atom stereocenters. The van der Waals surface area contributed by atoms with Crippen molar-refractivity contribution in [2.75, 3.05) is 0 Å². The predicted octanol–water partition coefficient (Wildman–Crippen LogP) is 1.52. The molecule has 0 radical (unpaired) electrons. The van der Waals surface area contributed by atoms with Gasteiger partial charge in [0.15, 0.2) is 0 Å². The Morgan fingerprint density at radius 2 is 2.14 bits per heavy atom. The molecule has 6 heteroatoms. The van der Waals surface area contributed by atoms with Crippen LogP contribution in [0.25, 0.3) is 10.1 Å². The first-order valence-electron chi connectivity index (χ1n) is 3.86. The van der Waals surface area contributed by atoms with Crippen LogP contribution in [0.15, 0.2) is 22.4 Å². The lowest BCUT2D eigenvalue weighted by Gasteiger charge is -2.06. The minimum absolute atomic E-state index is 0.341. The Bertz CT molecular complexity index is 483. The molecule has 0 fully saturated rings. The molecule has 14 heavy (non-hydrogen) atoms.